The van der Waals surface area contributed by atoms with E-state index in [-0.39, 0.29) is 5.84 Å². The van der Waals surface area contributed by atoms with E-state index < -0.39 is 5.97 Å². The molecule has 2 rings (SSSR count). The van der Waals surface area contributed by atoms with E-state index in [4.69, 9.17) is 15.0 Å². The Kier molecular flexibility index (Phi) is 3.38. The lowest BCUT2D eigenvalue weighted by Gasteiger charge is -1.99. The third kappa shape index (κ3) is 2.54. The van der Waals surface area contributed by atoms with Crippen LogP contribution in [-0.4, -0.2) is 16.8 Å². The summed E-state index contributed by atoms with van der Waals surface area (Å²) in [5.41, 5.74) is 6.54. The Morgan fingerprint density at radius 3 is 2.94 bits per heavy atom. The molecule has 2 aromatic heterocycles. The summed E-state index contributed by atoms with van der Waals surface area (Å²) in [6.45, 7) is 1.66. The van der Waals surface area contributed by atoms with Gasteiger partial charge in [-0.2, -0.15) is 0 Å². The van der Waals surface area contributed by atoms with E-state index in [0.29, 0.717) is 16.9 Å². The number of aromatic nitrogens is 1. The normalized spacial score (nSPS) is 11.3. The number of carbonyl (C=O) groups excluding carboxylic acids is 1. The smallest absolute Gasteiger partial charge is 0.369 e. The number of pyridine rings is 1. The Morgan fingerprint density at radius 1 is 1.50 bits per heavy atom. The van der Waals surface area contributed by atoms with Crippen LogP contribution in [0.5, 0.6) is 0 Å². The number of hydrogen-bond donors (Lipinski definition) is 1. The zero-order valence-electron chi connectivity index (χ0n) is 9.66. The minimum Gasteiger partial charge on any atom is -0.469 e. The van der Waals surface area contributed by atoms with Gasteiger partial charge in [-0.05, 0) is 25.1 Å². The molecule has 6 heteroatoms. The molecule has 0 amide bonds. The Morgan fingerprint density at radius 2 is 2.33 bits per heavy atom. The lowest BCUT2D eigenvalue weighted by atomic mass is 10.3. The molecule has 2 N–H and O–H groups in total. The van der Waals surface area contributed by atoms with E-state index in [2.05, 4.69) is 10.1 Å². The fraction of sp³-hybridized carbons (Fsp3) is 0.0833. The van der Waals surface area contributed by atoms with Crippen molar-refractivity contribution in [3.63, 3.8) is 0 Å². The maximum Gasteiger partial charge on any atom is 0.369 e. The van der Waals surface area contributed by atoms with Gasteiger partial charge in [-0.25, -0.2) is 4.79 Å². The van der Waals surface area contributed by atoms with E-state index in [9.17, 15) is 4.79 Å². The van der Waals surface area contributed by atoms with Gasteiger partial charge in [-0.1, -0.05) is 5.16 Å². The van der Waals surface area contributed by atoms with Crippen molar-refractivity contribution in [2.45, 2.75) is 6.92 Å². The van der Waals surface area contributed by atoms with E-state index in [1.165, 1.54) is 18.5 Å². The van der Waals surface area contributed by atoms with Crippen molar-refractivity contribution < 1.29 is 14.0 Å². The van der Waals surface area contributed by atoms with E-state index in [1.54, 1.807) is 25.3 Å². The van der Waals surface area contributed by atoms with Crippen molar-refractivity contribution in [2.75, 3.05) is 0 Å². The second-order valence-corrected chi connectivity index (χ2v) is 3.49. The zero-order chi connectivity index (χ0) is 13.0. The number of nitrogens with zero attached hydrogens (tertiary/aromatic N) is 2. The summed E-state index contributed by atoms with van der Waals surface area (Å²) >= 11 is 0. The minimum absolute atomic E-state index is 0.0811. The van der Waals surface area contributed by atoms with Crippen molar-refractivity contribution in [1.29, 1.82) is 0 Å². The number of furan rings is 1. The van der Waals surface area contributed by atoms with Crippen LogP contribution in [0.3, 0.4) is 0 Å². The molecular formula is C12H11N3O3. The fourth-order valence-electron chi connectivity index (χ4n) is 1.30. The van der Waals surface area contributed by atoms with Crippen molar-refractivity contribution >= 4 is 11.8 Å². The molecule has 0 radical (unpaired) electrons. The molecule has 2 heterocycles. The molecule has 0 fully saturated rings. The van der Waals surface area contributed by atoms with Gasteiger partial charge in [0.1, 0.15) is 11.3 Å². The van der Waals surface area contributed by atoms with Gasteiger partial charge >= 0.3 is 5.97 Å². The van der Waals surface area contributed by atoms with Crippen LogP contribution in [0.25, 0.3) is 0 Å². The monoisotopic (exact) mass is 245 g/mol. The largest absolute Gasteiger partial charge is 0.469 e. The summed E-state index contributed by atoms with van der Waals surface area (Å²) in [5.74, 6) is -0.0687. The van der Waals surface area contributed by atoms with Gasteiger partial charge in [0.15, 0.2) is 5.84 Å². The third-order valence-corrected chi connectivity index (χ3v) is 2.26. The van der Waals surface area contributed by atoms with Crippen LogP contribution >= 0.6 is 0 Å². The maximum atomic E-state index is 11.6. The predicted molar refractivity (Wildman–Crippen MR) is 63.8 cm³/mol. The van der Waals surface area contributed by atoms with Crippen LogP contribution in [0.15, 0.2) is 46.4 Å². The molecule has 2 aromatic rings. The Hall–Kier alpha value is -2.63. The van der Waals surface area contributed by atoms with Gasteiger partial charge in [0.25, 0.3) is 0 Å². The summed E-state index contributed by atoms with van der Waals surface area (Å²) in [6, 6.07) is 4.93. The highest BCUT2D eigenvalue weighted by Gasteiger charge is 2.13. The number of carbonyl (C=O) groups is 1. The lowest BCUT2D eigenvalue weighted by Crippen LogP contribution is -2.15. The highest BCUT2D eigenvalue weighted by Crippen LogP contribution is 2.10. The summed E-state index contributed by atoms with van der Waals surface area (Å²) < 4.78 is 4.99. The first-order chi connectivity index (χ1) is 8.68. The van der Waals surface area contributed by atoms with Gasteiger partial charge in [0, 0.05) is 18.0 Å². The molecule has 6 nitrogen and oxygen atoms in total. The molecule has 0 unspecified atom stereocenters. The van der Waals surface area contributed by atoms with Crippen LogP contribution in [-0.2, 0) is 4.84 Å². The quantitative estimate of drug-likeness (QED) is 0.382. The molecule has 18 heavy (non-hydrogen) atoms. The first kappa shape index (κ1) is 11.8. The van der Waals surface area contributed by atoms with Gasteiger partial charge < -0.3 is 15.0 Å². The number of amidine groups is 1. The topological polar surface area (TPSA) is 90.7 Å². The molecule has 0 aliphatic carbocycles. The molecular weight excluding hydrogens is 234 g/mol. The average Bonchev–Trinajstić information content (AvgIpc) is 2.83. The summed E-state index contributed by atoms with van der Waals surface area (Å²) in [7, 11) is 0. The van der Waals surface area contributed by atoms with Gasteiger partial charge in [0.2, 0.25) is 0 Å². The SMILES string of the molecule is Cc1occc1C(=O)O/N=C(/N)c1cccnc1. The van der Waals surface area contributed by atoms with Crippen LogP contribution in [0.4, 0.5) is 0 Å². The van der Waals surface area contributed by atoms with E-state index >= 15 is 0 Å². The van der Waals surface area contributed by atoms with Crippen molar-refractivity contribution in [3.05, 3.63) is 53.7 Å². The molecule has 0 aliphatic rings. The third-order valence-electron chi connectivity index (χ3n) is 2.26. The van der Waals surface area contributed by atoms with Gasteiger partial charge in [0.05, 0.1) is 6.26 Å². The lowest BCUT2D eigenvalue weighted by molar-refractivity contribution is 0.0514. The molecule has 0 aliphatic heterocycles. The average molecular weight is 245 g/mol. The molecule has 92 valence electrons. The number of hydrogen-bond acceptors (Lipinski definition) is 5. The first-order valence-corrected chi connectivity index (χ1v) is 5.18. The van der Waals surface area contributed by atoms with E-state index in [0.717, 1.165) is 0 Å². The number of oxime groups is 1. The Labute approximate surface area is 103 Å². The summed E-state index contributed by atoms with van der Waals surface area (Å²) in [5, 5.41) is 3.55. The number of nitrogens with two attached hydrogens (primary N) is 1. The Bertz CT molecular complexity index is 575. The van der Waals surface area contributed by atoms with Crippen LogP contribution in [0.2, 0.25) is 0 Å². The minimum atomic E-state index is -0.618. The highest BCUT2D eigenvalue weighted by atomic mass is 16.7. The highest BCUT2D eigenvalue weighted by molar-refractivity contribution is 5.97. The van der Waals surface area contributed by atoms with Crippen molar-refractivity contribution in [1.82, 2.24) is 4.98 Å². The van der Waals surface area contributed by atoms with Crippen molar-refractivity contribution in [2.24, 2.45) is 10.9 Å². The maximum absolute atomic E-state index is 11.6. The Balaban J connectivity index is 2.08. The second kappa shape index (κ2) is 5.13. The summed E-state index contributed by atoms with van der Waals surface area (Å²) in [6.07, 6.45) is 4.54. The summed E-state index contributed by atoms with van der Waals surface area (Å²) in [4.78, 5) is 20.2. The standard InChI is InChI=1S/C12H11N3O3/c1-8-10(4-6-17-8)12(16)18-15-11(13)9-3-2-5-14-7-9/h2-7H,1H3,(H2,13,15). The molecule has 0 spiro atoms. The van der Waals surface area contributed by atoms with Gasteiger partial charge in [-0.3, -0.25) is 4.98 Å². The van der Waals surface area contributed by atoms with Crippen LogP contribution < -0.4 is 5.73 Å². The zero-order valence-corrected chi connectivity index (χ0v) is 9.66. The van der Waals surface area contributed by atoms with Crippen LogP contribution in [0, 0.1) is 6.92 Å². The molecule has 0 aromatic carbocycles. The molecule has 0 saturated carbocycles. The van der Waals surface area contributed by atoms with Gasteiger partial charge in [-0.15, -0.1) is 0 Å². The number of rotatable bonds is 3. The molecule has 0 atom stereocenters. The van der Waals surface area contributed by atoms with E-state index in [1.807, 2.05) is 0 Å². The first-order valence-electron chi connectivity index (χ1n) is 5.18. The number of aryl methyl sites for hydroxylation is 1. The van der Waals surface area contributed by atoms with Crippen LogP contribution in [0.1, 0.15) is 21.7 Å². The predicted octanol–water partition coefficient (Wildman–Crippen LogP) is 1.46. The van der Waals surface area contributed by atoms with Crippen molar-refractivity contribution in [3.8, 4) is 0 Å². The molecule has 0 saturated heterocycles. The fourth-order valence-corrected chi connectivity index (χ4v) is 1.30. The molecule has 0 bridgehead atoms. The second-order valence-electron chi connectivity index (χ2n) is 3.49.